The van der Waals surface area contributed by atoms with Gasteiger partial charge in [0.2, 0.25) is 5.92 Å². The summed E-state index contributed by atoms with van der Waals surface area (Å²) in [5.74, 6) is -2.59. The number of carbonyl (C=O) groups is 3. The molecule has 8 rings (SSSR count). The van der Waals surface area contributed by atoms with Crippen LogP contribution in [0.2, 0.25) is 0 Å². The van der Waals surface area contributed by atoms with E-state index < -0.39 is 5.92 Å². The van der Waals surface area contributed by atoms with Crippen LogP contribution in [0, 0.1) is 11.8 Å². The van der Waals surface area contributed by atoms with E-state index in [-0.39, 0.29) is 67.2 Å². The largest absolute Gasteiger partial charge is 0.381 e. The van der Waals surface area contributed by atoms with Gasteiger partial charge in [-0.05, 0) is 99.7 Å². The van der Waals surface area contributed by atoms with Gasteiger partial charge < -0.3 is 9.64 Å². The summed E-state index contributed by atoms with van der Waals surface area (Å²) in [6, 6.07) is 22.1. The van der Waals surface area contributed by atoms with E-state index in [1.807, 2.05) is 42.6 Å². The molecule has 5 aliphatic rings. The van der Waals surface area contributed by atoms with Gasteiger partial charge in [0.25, 0.3) is 11.8 Å². The number of benzene rings is 2. The van der Waals surface area contributed by atoms with Crippen molar-refractivity contribution >= 4 is 17.6 Å². The zero-order valence-corrected chi connectivity index (χ0v) is 33.8. The van der Waals surface area contributed by atoms with Crippen LogP contribution >= 0.6 is 0 Å². The Hall–Kier alpha value is -3.90. The van der Waals surface area contributed by atoms with Gasteiger partial charge in [-0.2, -0.15) is 0 Å². The Bertz CT molecular complexity index is 1850. The Morgan fingerprint density at radius 1 is 0.897 bits per heavy atom. The van der Waals surface area contributed by atoms with E-state index >= 15 is 0 Å². The molecule has 0 spiro atoms. The second kappa shape index (κ2) is 18.6. The molecule has 1 aromatic heterocycles. The van der Waals surface area contributed by atoms with E-state index in [2.05, 4.69) is 32.9 Å². The molecule has 58 heavy (non-hydrogen) atoms. The average molecular weight is 796 g/mol. The first-order valence-electron chi connectivity index (χ1n) is 21.8. The number of fused-ring (bicyclic) bond motifs is 2. The Labute approximate surface area is 342 Å². The number of Topliss-reactive ketones (excluding diaryl/α,β-unsaturated/α-hetero) is 1. The van der Waals surface area contributed by atoms with Gasteiger partial charge in [-0.25, -0.2) is 8.78 Å². The smallest absolute Gasteiger partial charge is 0.261 e. The lowest BCUT2D eigenvalue weighted by molar-refractivity contribution is -0.127. The van der Waals surface area contributed by atoms with Crippen molar-refractivity contribution in [3.8, 4) is 0 Å². The van der Waals surface area contributed by atoms with E-state index in [0.717, 1.165) is 103 Å². The molecule has 4 heterocycles. The summed E-state index contributed by atoms with van der Waals surface area (Å²) in [4.78, 5) is 54.1. The first-order valence-corrected chi connectivity index (χ1v) is 21.8. The van der Waals surface area contributed by atoms with Crippen LogP contribution in [0.3, 0.4) is 0 Å². The van der Waals surface area contributed by atoms with Crippen LogP contribution < -0.4 is 0 Å². The number of rotatable bonds is 17. The second-order valence-electron chi connectivity index (χ2n) is 17.5. The number of hydrogen-bond acceptors (Lipinski definition) is 8. The highest BCUT2D eigenvalue weighted by molar-refractivity contribution is 6.21. The third-order valence-electron chi connectivity index (χ3n) is 13.6. The molecule has 3 aliphatic heterocycles. The molecule has 3 fully saturated rings. The Kier molecular flexibility index (Phi) is 13.1. The summed E-state index contributed by atoms with van der Waals surface area (Å²) < 4.78 is 33.5. The summed E-state index contributed by atoms with van der Waals surface area (Å²) >= 11 is 0. The number of hydrogen-bond donors (Lipinski definition) is 0. The van der Waals surface area contributed by atoms with Crippen molar-refractivity contribution in [2.24, 2.45) is 11.8 Å². The SMILES string of the molecule is O=C(C[C@@H](CCN1CCN(CC2COC2)[C@@H](CN(CCCCN2C(=O)c3ccccc3C2=O)[C@H]2CCCc3cccnc32)C1)c1ccccc1)C1CCC(F)(F)CC1. The van der Waals surface area contributed by atoms with E-state index in [4.69, 9.17) is 9.72 Å². The third kappa shape index (κ3) is 9.59. The number of imide groups is 1. The highest BCUT2D eigenvalue weighted by Crippen LogP contribution is 2.39. The lowest BCUT2D eigenvalue weighted by atomic mass is 9.79. The molecule has 2 amide bonds. The number of piperazine rings is 1. The fourth-order valence-electron chi connectivity index (χ4n) is 10.1. The first kappa shape index (κ1) is 40.9. The van der Waals surface area contributed by atoms with Gasteiger partial charge in [0.15, 0.2) is 0 Å². The van der Waals surface area contributed by atoms with Crippen LogP contribution in [0.5, 0.6) is 0 Å². The number of ether oxygens (including phenoxy) is 1. The number of aryl methyl sites for hydroxylation is 1. The lowest BCUT2D eigenvalue weighted by Gasteiger charge is -2.47. The number of unbranched alkanes of at least 4 members (excludes halogenated alkanes) is 1. The number of alkyl halides is 2. The standard InChI is InChI=1S/C47H59F2N5O4/c48-47(49)20-17-36(18-21-47)43(55)28-38(35-10-2-1-3-11-35)19-25-51-26-27-52(29-34-32-58-33-34)39(30-51)31-53(42-16-8-12-37-13-9-22-50-44(37)42)23-6-7-24-54-45(56)40-14-4-5-15-41(40)46(54)57/h1-5,9-11,13-15,22,34,36,38-39,42H,6-8,12,16-21,23-33H2/t38-,39-,42+/m1/s1. The molecule has 2 aromatic carbocycles. The van der Waals surface area contributed by atoms with Gasteiger partial charge in [0.05, 0.1) is 36.1 Å². The number of pyridine rings is 1. The van der Waals surface area contributed by atoms with Crippen molar-refractivity contribution < 1.29 is 27.9 Å². The number of halogens is 2. The van der Waals surface area contributed by atoms with E-state index in [0.29, 0.717) is 30.0 Å². The minimum Gasteiger partial charge on any atom is -0.381 e. The van der Waals surface area contributed by atoms with Gasteiger partial charge in [-0.1, -0.05) is 48.5 Å². The van der Waals surface area contributed by atoms with Crippen molar-refractivity contribution in [2.75, 3.05) is 65.6 Å². The summed E-state index contributed by atoms with van der Waals surface area (Å²) in [6.07, 6.45) is 8.10. The van der Waals surface area contributed by atoms with Crippen LogP contribution in [0.15, 0.2) is 72.9 Å². The predicted molar refractivity (Wildman–Crippen MR) is 219 cm³/mol. The quantitative estimate of drug-likeness (QED) is 0.103. The number of aromatic nitrogens is 1. The van der Waals surface area contributed by atoms with Gasteiger partial charge in [-0.3, -0.25) is 34.1 Å². The van der Waals surface area contributed by atoms with Crippen molar-refractivity contribution in [1.29, 1.82) is 0 Å². The topological polar surface area (TPSA) is 86.3 Å². The minimum absolute atomic E-state index is 0.0446. The monoisotopic (exact) mass is 795 g/mol. The van der Waals surface area contributed by atoms with Crippen molar-refractivity contribution in [3.05, 3.63) is 101 Å². The molecule has 1 saturated carbocycles. The fourth-order valence-corrected chi connectivity index (χ4v) is 10.1. The maximum Gasteiger partial charge on any atom is 0.261 e. The van der Waals surface area contributed by atoms with Crippen LogP contribution in [0.25, 0.3) is 0 Å². The van der Waals surface area contributed by atoms with Gasteiger partial charge in [-0.15, -0.1) is 0 Å². The zero-order chi connectivity index (χ0) is 40.1. The zero-order valence-electron chi connectivity index (χ0n) is 33.8. The number of ketones is 1. The minimum atomic E-state index is -2.64. The maximum absolute atomic E-state index is 13.9. The summed E-state index contributed by atoms with van der Waals surface area (Å²) in [6.45, 7) is 8.42. The molecular weight excluding hydrogens is 737 g/mol. The number of nitrogens with zero attached hydrogens (tertiary/aromatic N) is 5. The lowest BCUT2D eigenvalue weighted by Crippen LogP contribution is -2.59. The number of carbonyl (C=O) groups excluding carboxylic acids is 3. The molecule has 310 valence electrons. The molecule has 2 aliphatic carbocycles. The van der Waals surface area contributed by atoms with Crippen LogP contribution in [-0.4, -0.2) is 120 Å². The van der Waals surface area contributed by atoms with Crippen molar-refractivity contribution in [2.45, 2.75) is 94.6 Å². The maximum atomic E-state index is 13.9. The molecule has 0 bridgehead atoms. The summed E-state index contributed by atoms with van der Waals surface area (Å²) in [5, 5.41) is 0. The molecule has 0 unspecified atom stereocenters. The van der Waals surface area contributed by atoms with Crippen molar-refractivity contribution in [3.63, 3.8) is 0 Å². The van der Waals surface area contributed by atoms with E-state index in [1.165, 1.54) is 16.2 Å². The molecular formula is C47H59F2N5O4. The molecule has 3 aromatic rings. The van der Waals surface area contributed by atoms with E-state index in [9.17, 15) is 23.2 Å². The summed E-state index contributed by atoms with van der Waals surface area (Å²) in [7, 11) is 0. The highest BCUT2D eigenvalue weighted by Gasteiger charge is 2.39. The Morgan fingerprint density at radius 2 is 1.64 bits per heavy atom. The van der Waals surface area contributed by atoms with Gasteiger partial charge in [0.1, 0.15) is 5.78 Å². The third-order valence-corrected chi connectivity index (χ3v) is 13.6. The molecule has 2 saturated heterocycles. The molecule has 9 nitrogen and oxygen atoms in total. The molecule has 0 radical (unpaired) electrons. The van der Waals surface area contributed by atoms with Crippen LogP contribution in [0.1, 0.15) is 114 Å². The first-order chi connectivity index (χ1) is 28.2. The molecule has 0 N–H and O–H groups in total. The number of amides is 2. The normalized spacial score (nSPS) is 23.5. The van der Waals surface area contributed by atoms with Gasteiger partial charge >= 0.3 is 0 Å². The Morgan fingerprint density at radius 3 is 2.36 bits per heavy atom. The average Bonchev–Trinajstić information content (AvgIpc) is 3.47. The fraction of sp³-hybridized carbons (Fsp3) is 0.574. The van der Waals surface area contributed by atoms with Crippen molar-refractivity contribution in [1.82, 2.24) is 24.6 Å². The summed E-state index contributed by atoms with van der Waals surface area (Å²) in [5.41, 5.74) is 4.64. The highest BCUT2D eigenvalue weighted by atomic mass is 19.3. The molecule has 11 heteroatoms. The van der Waals surface area contributed by atoms with E-state index in [1.54, 1.807) is 12.1 Å². The Balaban J connectivity index is 0.955. The second-order valence-corrected chi connectivity index (χ2v) is 17.5. The van der Waals surface area contributed by atoms with Gasteiger partial charge in [0, 0.05) is 82.6 Å². The predicted octanol–water partition coefficient (Wildman–Crippen LogP) is 7.43. The molecule has 3 atom stereocenters. The van der Waals surface area contributed by atoms with Crippen LogP contribution in [-0.2, 0) is 16.0 Å². The van der Waals surface area contributed by atoms with Crippen LogP contribution in [0.4, 0.5) is 8.78 Å².